The highest BCUT2D eigenvalue weighted by Gasteiger charge is 2.51. The van der Waals surface area contributed by atoms with Crippen molar-refractivity contribution >= 4 is 14.6 Å². The van der Waals surface area contributed by atoms with Gasteiger partial charge < -0.3 is 23.4 Å². The third-order valence-corrected chi connectivity index (χ3v) is 10.6. The summed E-state index contributed by atoms with van der Waals surface area (Å²) in [5.74, 6) is -0.597. The molecule has 27 heavy (non-hydrogen) atoms. The van der Waals surface area contributed by atoms with Crippen LogP contribution < -0.4 is 0 Å². The Hall–Kier alpha value is -0.533. The smallest absolute Gasteiger partial charge is 0.192 e. The molecular formula is C21H40O5Si. The lowest BCUT2D eigenvalue weighted by molar-refractivity contribution is -0.162. The summed E-state index contributed by atoms with van der Waals surface area (Å²) in [6, 6.07) is 3.21. The maximum absolute atomic E-state index is 10.9. The van der Waals surface area contributed by atoms with E-state index >= 15 is 0 Å². The highest BCUT2D eigenvalue weighted by atomic mass is 28.4. The van der Waals surface area contributed by atoms with Crippen LogP contribution in [-0.4, -0.2) is 51.9 Å². The third-order valence-electron chi connectivity index (χ3n) is 5.93. The highest BCUT2D eigenvalue weighted by molar-refractivity contribution is 6.73. The molecule has 0 aromatic carbocycles. The van der Waals surface area contributed by atoms with E-state index < -0.39 is 14.1 Å². The number of carbonyl (C=O) groups excluding carboxylic acids is 1. The van der Waals surface area contributed by atoms with Crippen molar-refractivity contribution in [3.05, 3.63) is 12.7 Å². The van der Waals surface area contributed by atoms with Gasteiger partial charge in [-0.2, -0.15) is 0 Å². The molecule has 158 valence electrons. The van der Waals surface area contributed by atoms with E-state index in [1.807, 2.05) is 19.9 Å². The summed E-state index contributed by atoms with van der Waals surface area (Å²) in [4.78, 5) is 10.9. The first-order chi connectivity index (χ1) is 12.7. The zero-order valence-corrected chi connectivity index (χ0v) is 19.3. The highest BCUT2D eigenvalue weighted by Crippen LogP contribution is 2.38. The molecule has 1 fully saturated rings. The molecule has 1 rings (SSSR count). The molecule has 0 bridgehead atoms. The first-order valence-electron chi connectivity index (χ1n) is 10.3. The second-order valence-electron chi connectivity index (χ2n) is 8.00. The van der Waals surface area contributed by atoms with E-state index in [-0.39, 0.29) is 30.3 Å². The van der Waals surface area contributed by atoms with E-state index in [1.165, 1.54) is 0 Å². The van der Waals surface area contributed by atoms with Gasteiger partial charge in [-0.05, 0) is 38.4 Å². The average Bonchev–Trinajstić information content (AvgIpc) is 2.98. The number of hydrogen-bond donors (Lipinski definition) is 0. The van der Waals surface area contributed by atoms with Gasteiger partial charge in [-0.3, -0.25) is 0 Å². The minimum atomic E-state index is -1.85. The number of aldehydes is 1. The summed E-state index contributed by atoms with van der Waals surface area (Å²) in [6.45, 7) is 16.6. The lowest BCUT2D eigenvalue weighted by Gasteiger charge is -2.39. The molecule has 0 saturated carbocycles. The molecule has 0 aromatic heterocycles. The van der Waals surface area contributed by atoms with Crippen LogP contribution in [0.5, 0.6) is 0 Å². The van der Waals surface area contributed by atoms with Crippen molar-refractivity contribution in [2.24, 2.45) is 5.92 Å². The molecule has 1 heterocycles. The summed E-state index contributed by atoms with van der Waals surface area (Å²) in [5.41, 5.74) is 0. The summed E-state index contributed by atoms with van der Waals surface area (Å²) in [7, 11) is -0.190. The molecule has 1 saturated heterocycles. The lowest BCUT2D eigenvalue weighted by atomic mass is 9.93. The molecule has 0 N–H and O–H groups in total. The Morgan fingerprint density at radius 1 is 1.15 bits per heavy atom. The van der Waals surface area contributed by atoms with Crippen molar-refractivity contribution in [1.29, 1.82) is 0 Å². The van der Waals surface area contributed by atoms with Gasteiger partial charge in [-0.1, -0.05) is 33.8 Å². The zero-order valence-electron chi connectivity index (χ0n) is 18.3. The second kappa shape index (κ2) is 10.9. The Balaban J connectivity index is 3.22. The minimum Gasteiger partial charge on any atom is -0.411 e. The van der Waals surface area contributed by atoms with Crippen molar-refractivity contribution in [3.8, 4) is 0 Å². The van der Waals surface area contributed by atoms with E-state index in [9.17, 15) is 4.79 Å². The first-order valence-corrected chi connectivity index (χ1v) is 12.9. The molecule has 0 amide bonds. The minimum absolute atomic E-state index is 0.120. The zero-order chi connectivity index (χ0) is 20.7. The molecule has 1 aliphatic heterocycles. The summed E-state index contributed by atoms with van der Waals surface area (Å²) >= 11 is 0. The van der Waals surface area contributed by atoms with E-state index in [0.717, 1.165) is 24.4 Å². The normalized spacial score (nSPS) is 25.7. The molecule has 0 aromatic rings. The van der Waals surface area contributed by atoms with E-state index in [0.29, 0.717) is 12.8 Å². The predicted octanol–water partition coefficient (Wildman–Crippen LogP) is 4.71. The molecule has 5 atom stereocenters. The van der Waals surface area contributed by atoms with Crippen molar-refractivity contribution < 1.29 is 23.4 Å². The molecule has 5 nitrogen and oxygen atoms in total. The van der Waals surface area contributed by atoms with Crippen molar-refractivity contribution in [2.75, 3.05) is 7.11 Å². The molecule has 1 aliphatic rings. The summed E-state index contributed by atoms with van der Waals surface area (Å²) in [5, 5.41) is 0. The number of carbonyl (C=O) groups is 1. The van der Waals surface area contributed by atoms with Crippen molar-refractivity contribution in [2.45, 2.75) is 103 Å². The van der Waals surface area contributed by atoms with Gasteiger partial charge in [-0.15, -0.1) is 6.58 Å². The lowest BCUT2D eigenvalue weighted by Crippen LogP contribution is -2.52. The molecule has 0 aliphatic carbocycles. The fraction of sp³-hybridized carbons (Fsp3) is 0.857. The van der Waals surface area contributed by atoms with Gasteiger partial charge in [0.1, 0.15) is 18.5 Å². The van der Waals surface area contributed by atoms with E-state index in [4.69, 9.17) is 18.6 Å². The van der Waals surface area contributed by atoms with Crippen molar-refractivity contribution in [3.63, 3.8) is 0 Å². The van der Waals surface area contributed by atoms with Gasteiger partial charge in [0.05, 0.1) is 12.2 Å². The first kappa shape index (κ1) is 24.5. The Morgan fingerprint density at radius 3 is 2.15 bits per heavy atom. The number of hydrogen-bond acceptors (Lipinski definition) is 5. The fourth-order valence-corrected chi connectivity index (χ4v) is 6.83. The predicted molar refractivity (Wildman–Crippen MR) is 111 cm³/mol. The summed E-state index contributed by atoms with van der Waals surface area (Å²) in [6.07, 6.45) is 2.99. The Labute approximate surface area is 166 Å². The maximum Gasteiger partial charge on any atom is 0.192 e. The topological polar surface area (TPSA) is 54.0 Å². The van der Waals surface area contributed by atoms with Gasteiger partial charge in [0.15, 0.2) is 14.1 Å². The van der Waals surface area contributed by atoms with Crippen LogP contribution in [0.2, 0.25) is 18.1 Å². The largest absolute Gasteiger partial charge is 0.411 e. The van der Waals surface area contributed by atoms with Gasteiger partial charge in [0, 0.05) is 19.4 Å². The van der Waals surface area contributed by atoms with Crippen LogP contribution in [0.3, 0.4) is 0 Å². The fourth-order valence-electron chi connectivity index (χ4n) is 3.90. The van der Waals surface area contributed by atoms with Crippen LogP contribution in [0.4, 0.5) is 0 Å². The van der Waals surface area contributed by atoms with Gasteiger partial charge in [-0.25, -0.2) is 0 Å². The second-order valence-corrected chi connectivity index (χ2v) is 12.7. The number of ether oxygens (including phenoxy) is 3. The molecule has 0 unspecified atom stereocenters. The van der Waals surface area contributed by atoms with E-state index in [2.05, 4.69) is 34.3 Å². The Kier molecular flexibility index (Phi) is 9.86. The molecule has 0 spiro atoms. The van der Waals surface area contributed by atoms with Crippen molar-refractivity contribution in [1.82, 2.24) is 0 Å². The molecular weight excluding hydrogens is 360 g/mol. The molecule has 0 radical (unpaired) electrons. The van der Waals surface area contributed by atoms with Crippen LogP contribution in [0, 0.1) is 5.92 Å². The van der Waals surface area contributed by atoms with Crippen LogP contribution in [0.15, 0.2) is 12.7 Å². The molecule has 6 heteroatoms. The van der Waals surface area contributed by atoms with Crippen LogP contribution in [0.25, 0.3) is 0 Å². The van der Waals surface area contributed by atoms with Crippen LogP contribution >= 0.6 is 0 Å². The monoisotopic (exact) mass is 400 g/mol. The number of rotatable bonds is 13. The third kappa shape index (κ3) is 6.22. The van der Waals surface area contributed by atoms with E-state index in [1.54, 1.807) is 7.11 Å². The van der Waals surface area contributed by atoms with Gasteiger partial charge >= 0.3 is 0 Å². The standard InChI is InChI=1S/C21H40O5Si/c1-9-16(5)18(26-27(10-2,11-3)12-4)20-19(24-21(6,7)25-20)17(23-8)14-13-15-22/h9,15-20H,1,10-14H2,2-8H3/t16-,17-,18-,19-,20-/m1/s1. The van der Waals surface area contributed by atoms with Gasteiger partial charge in [0.25, 0.3) is 0 Å². The SMILES string of the molecule is C=C[C@@H](C)[C@@H](O[Si](CC)(CC)CC)[C@H]1OC(C)(C)O[C@@H]1[C@@H](CCC=O)OC. The Morgan fingerprint density at radius 2 is 1.70 bits per heavy atom. The maximum atomic E-state index is 10.9. The van der Waals surface area contributed by atoms with Crippen LogP contribution in [-0.2, 0) is 23.4 Å². The quantitative estimate of drug-likeness (QED) is 0.254. The van der Waals surface area contributed by atoms with Crippen LogP contribution in [0.1, 0.15) is 54.4 Å². The Bertz CT molecular complexity index is 455. The van der Waals surface area contributed by atoms with Gasteiger partial charge in [0.2, 0.25) is 0 Å². The average molecular weight is 401 g/mol. The number of methoxy groups -OCH3 is 1. The summed E-state index contributed by atoms with van der Waals surface area (Å²) < 4.78 is 25.2.